The van der Waals surface area contributed by atoms with Crippen LogP contribution in [0.25, 0.3) is 0 Å². The number of halogens is 1. The van der Waals surface area contributed by atoms with E-state index in [0.717, 1.165) is 4.57 Å². The molecular formula is C10H14FN3O4. The highest BCUT2D eigenvalue weighted by Gasteiger charge is 2.51. The lowest BCUT2D eigenvalue weighted by atomic mass is 10.1. The Balaban J connectivity index is 2.41. The van der Waals surface area contributed by atoms with Gasteiger partial charge in [-0.3, -0.25) is 4.57 Å². The zero-order valence-corrected chi connectivity index (χ0v) is 9.35. The van der Waals surface area contributed by atoms with E-state index in [2.05, 4.69) is 4.98 Å². The fourth-order valence-electron chi connectivity index (χ4n) is 2.26. The van der Waals surface area contributed by atoms with E-state index in [4.69, 9.17) is 10.8 Å². The van der Waals surface area contributed by atoms with E-state index in [0.29, 0.717) is 0 Å². The van der Waals surface area contributed by atoms with Crippen molar-refractivity contribution in [3.8, 4) is 0 Å². The highest BCUT2D eigenvalue weighted by Crippen LogP contribution is 2.37. The van der Waals surface area contributed by atoms with Gasteiger partial charge in [-0.2, -0.15) is 4.98 Å². The Morgan fingerprint density at radius 2 is 2.11 bits per heavy atom. The molecule has 0 unspecified atom stereocenters. The number of nitrogen functional groups attached to an aromatic ring is 1. The minimum Gasteiger partial charge on any atom is -0.396 e. The molecule has 1 aromatic heterocycles. The summed E-state index contributed by atoms with van der Waals surface area (Å²) >= 11 is 0. The lowest BCUT2D eigenvalue weighted by molar-refractivity contribution is -0.00559. The fourth-order valence-corrected chi connectivity index (χ4v) is 2.26. The number of aliphatic hydroxyl groups is 3. The lowest BCUT2D eigenvalue weighted by Crippen LogP contribution is -2.36. The molecule has 1 fully saturated rings. The van der Waals surface area contributed by atoms with Gasteiger partial charge >= 0.3 is 5.69 Å². The maximum Gasteiger partial charge on any atom is 0.349 e. The van der Waals surface area contributed by atoms with Gasteiger partial charge in [0.05, 0.1) is 18.8 Å². The quantitative estimate of drug-likeness (QED) is 0.489. The summed E-state index contributed by atoms with van der Waals surface area (Å²) < 4.78 is 14.9. The Hall–Kier alpha value is -1.51. The zero-order valence-electron chi connectivity index (χ0n) is 9.35. The molecule has 5 N–H and O–H groups in total. The van der Waals surface area contributed by atoms with Gasteiger partial charge in [-0.25, -0.2) is 9.18 Å². The average Bonchev–Trinajstić information content (AvgIpc) is 2.52. The van der Waals surface area contributed by atoms with Crippen molar-refractivity contribution in [1.29, 1.82) is 0 Å². The number of aliphatic hydroxyl groups excluding tert-OH is 3. The molecule has 1 aliphatic rings. The van der Waals surface area contributed by atoms with Crippen molar-refractivity contribution in [2.75, 3.05) is 12.3 Å². The van der Waals surface area contributed by atoms with Crippen molar-refractivity contribution < 1.29 is 19.7 Å². The minimum absolute atomic E-state index is 0.0154. The van der Waals surface area contributed by atoms with E-state index < -0.39 is 42.6 Å². The standard InChI is InChI=1S/C10H14FN3O4/c11-6-4(3-15)8(16)9(17)7(6)14-2-1-5(12)13-10(14)18/h1-2,4,6-9,15-17H,3H2,(H2,12,13,18)/t4-,6+,7+,8+,9-/m0/s1. The fraction of sp³-hybridized carbons (Fsp3) is 0.600. The number of aromatic nitrogens is 2. The molecule has 2 rings (SSSR count). The summed E-state index contributed by atoms with van der Waals surface area (Å²) in [7, 11) is 0. The van der Waals surface area contributed by atoms with E-state index >= 15 is 0 Å². The number of nitrogens with zero attached hydrogens (tertiary/aromatic N) is 2. The highest BCUT2D eigenvalue weighted by atomic mass is 19.1. The molecule has 1 saturated carbocycles. The van der Waals surface area contributed by atoms with E-state index in [1.54, 1.807) is 0 Å². The molecule has 0 saturated heterocycles. The van der Waals surface area contributed by atoms with Crippen LogP contribution in [0.3, 0.4) is 0 Å². The Kier molecular flexibility index (Phi) is 3.33. The summed E-state index contributed by atoms with van der Waals surface area (Å²) in [6, 6.07) is 0.0113. The first-order valence-corrected chi connectivity index (χ1v) is 5.43. The maximum atomic E-state index is 14.0. The van der Waals surface area contributed by atoms with Crippen LogP contribution in [0, 0.1) is 5.92 Å². The van der Waals surface area contributed by atoms with Crippen LogP contribution in [0.15, 0.2) is 17.1 Å². The topological polar surface area (TPSA) is 122 Å². The van der Waals surface area contributed by atoms with Crippen LogP contribution in [-0.4, -0.2) is 49.9 Å². The number of hydrogen-bond acceptors (Lipinski definition) is 6. The summed E-state index contributed by atoms with van der Waals surface area (Å²) in [6.07, 6.45) is -3.46. The minimum atomic E-state index is -1.75. The third-order valence-corrected chi connectivity index (χ3v) is 3.26. The summed E-state index contributed by atoms with van der Waals surface area (Å²) in [5, 5.41) is 28.3. The predicted octanol–water partition coefficient (Wildman–Crippen LogP) is -1.95. The van der Waals surface area contributed by atoms with Gasteiger partial charge in [-0.15, -0.1) is 0 Å². The second-order valence-corrected chi connectivity index (χ2v) is 4.30. The van der Waals surface area contributed by atoms with E-state index in [1.165, 1.54) is 12.3 Å². The summed E-state index contributed by atoms with van der Waals surface area (Å²) in [4.78, 5) is 15.0. The molecular weight excluding hydrogens is 245 g/mol. The molecule has 8 heteroatoms. The third-order valence-electron chi connectivity index (χ3n) is 3.26. The van der Waals surface area contributed by atoms with Gasteiger partial charge in [0.15, 0.2) is 0 Å². The van der Waals surface area contributed by atoms with E-state index in [-0.39, 0.29) is 5.82 Å². The second-order valence-electron chi connectivity index (χ2n) is 4.30. The Morgan fingerprint density at radius 1 is 1.44 bits per heavy atom. The molecule has 18 heavy (non-hydrogen) atoms. The molecule has 0 spiro atoms. The van der Waals surface area contributed by atoms with Gasteiger partial charge in [0.2, 0.25) is 0 Å². The summed E-state index contributed by atoms with van der Waals surface area (Å²) in [5.41, 5.74) is 4.49. The van der Waals surface area contributed by atoms with Gasteiger partial charge in [-0.1, -0.05) is 0 Å². The first-order chi connectivity index (χ1) is 8.47. The SMILES string of the molecule is Nc1ccn([C@H]2[C@H](O)[C@H](O)[C@@H](CO)[C@H]2F)c(=O)n1. The Labute approximate surface area is 101 Å². The van der Waals surface area contributed by atoms with E-state index in [1.807, 2.05) is 0 Å². The molecule has 1 aliphatic carbocycles. The number of anilines is 1. The van der Waals surface area contributed by atoms with Crippen LogP contribution in [-0.2, 0) is 0 Å². The predicted molar refractivity (Wildman–Crippen MR) is 59.4 cm³/mol. The molecule has 1 aromatic rings. The molecule has 5 atom stereocenters. The Bertz CT molecular complexity index is 494. The van der Waals surface area contributed by atoms with Gasteiger partial charge in [0, 0.05) is 12.1 Å². The van der Waals surface area contributed by atoms with E-state index in [9.17, 15) is 19.4 Å². The van der Waals surface area contributed by atoms with Crippen molar-refractivity contribution in [3.63, 3.8) is 0 Å². The van der Waals surface area contributed by atoms with Gasteiger partial charge in [0.1, 0.15) is 18.1 Å². The number of rotatable bonds is 2. The maximum absolute atomic E-state index is 14.0. The van der Waals surface area contributed by atoms with Crippen molar-refractivity contribution in [3.05, 3.63) is 22.7 Å². The second kappa shape index (κ2) is 4.63. The molecule has 1 heterocycles. The lowest BCUT2D eigenvalue weighted by Gasteiger charge is -2.19. The van der Waals surface area contributed by atoms with Crippen molar-refractivity contribution in [2.45, 2.75) is 24.4 Å². The smallest absolute Gasteiger partial charge is 0.349 e. The molecule has 0 radical (unpaired) electrons. The van der Waals surface area contributed by atoms with Crippen molar-refractivity contribution in [1.82, 2.24) is 9.55 Å². The highest BCUT2D eigenvalue weighted by molar-refractivity contribution is 5.24. The largest absolute Gasteiger partial charge is 0.396 e. The molecule has 0 aliphatic heterocycles. The molecule has 0 aromatic carbocycles. The third kappa shape index (κ3) is 1.88. The number of hydrogen-bond donors (Lipinski definition) is 4. The monoisotopic (exact) mass is 259 g/mol. The van der Waals surface area contributed by atoms with Crippen LogP contribution in [0.4, 0.5) is 10.2 Å². The number of nitrogens with two attached hydrogens (primary N) is 1. The number of alkyl halides is 1. The molecule has 0 bridgehead atoms. The molecule has 100 valence electrons. The summed E-state index contributed by atoms with van der Waals surface area (Å²) in [6.45, 7) is -0.618. The van der Waals surface area contributed by atoms with Crippen LogP contribution in [0.5, 0.6) is 0 Å². The zero-order chi connectivity index (χ0) is 13.4. The molecule has 0 amide bonds. The van der Waals surface area contributed by atoms with Crippen molar-refractivity contribution >= 4 is 5.82 Å². The Morgan fingerprint density at radius 3 is 2.61 bits per heavy atom. The first-order valence-electron chi connectivity index (χ1n) is 5.43. The van der Waals surface area contributed by atoms with Crippen LogP contribution >= 0.6 is 0 Å². The first kappa shape index (κ1) is 12.9. The van der Waals surface area contributed by atoms with Crippen LogP contribution < -0.4 is 11.4 Å². The average molecular weight is 259 g/mol. The van der Waals surface area contributed by atoms with Crippen molar-refractivity contribution in [2.24, 2.45) is 5.92 Å². The van der Waals surface area contributed by atoms with Crippen LogP contribution in [0.1, 0.15) is 6.04 Å². The summed E-state index contributed by atoms with van der Waals surface area (Å²) in [5.74, 6) is -1.15. The van der Waals surface area contributed by atoms with Gasteiger partial charge in [0.25, 0.3) is 0 Å². The van der Waals surface area contributed by atoms with Gasteiger partial charge in [-0.05, 0) is 6.07 Å². The van der Waals surface area contributed by atoms with Crippen LogP contribution in [0.2, 0.25) is 0 Å². The van der Waals surface area contributed by atoms with Gasteiger partial charge < -0.3 is 21.1 Å². The normalized spacial score (nSPS) is 35.9. The molecule has 7 nitrogen and oxygen atoms in total.